The molecule has 1 aliphatic heterocycles. The van der Waals surface area contributed by atoms with Crippen LogP contribution in [0.3, 0.4) is 0 Å². The first-order valence-corrected chi connectivity index (χ1v) is 9.11. The number of fused-ring (bicyclic) bond motifs is 1. The fraction of sp³-hybridized carbons (Fsp3) is 0.353. The van der Waals surface area contributed by atoms with E-state index in [0.717, 1.165) is 16.3 Å². The van der Waals surface area contributed by atoms with E-state index in [9.17, 15) is 9.59 Å². The molecule has 0 fully saturated rings. The first-order chi connectivity index (χ1) is 12.5. The van der Waals surface area contributed by atoms with Crippen LogP contribution in [-0.4, -0.2) is 40.6 Å². The summed E-state index contributed by atoms with van der Waals surface area (Å²) < 4.78 is 12.6. The molecule has 8 nitrogen and oxygen atoms in total. The second-order valence-electron chi connectivity index (χ2n) is 5.78. The number of ether oxygens (including phenoxy) is 2. The number of nitrogens with zero attached hydrogens (tertiary/aromatic N) is 2. The molecule has 2 N–H and O–H groups in total. The van der Waals surface area contributed by atoms with Crippen LogP contribution < -0.4 is 20.3 Å². The van der Waals surface area contributed by atoms with Crippen molar-refractivity contribution < 1.29 is 19.1 Å². The Morgan fingerprint density at radius 2 is 1.85 bits per heavy atom. The molecule has 0 aliphatic carbocycles. The maximum absolute atomic E-state index is 11.9. The number of aromatic nitrogens is 2. The van der Waals surface area contributed by atoms with Crippen LogP contribution in [0.25, 0.3) is 0 Å². The molecule has 138 valence electrons. The van der Waals surface area contributed by atoms with Crippen LogP contribution in [0.2, 0.25) is 0 Å². The van der Waals surface area contributed by atoms with Gasteiger partial charge in [0.15, 0.2) is 11.5 Å². The van der Waals surface area contributed by atoms with Gasteiger partial charge in [-0.05, 0) is 38.1 Å². The molecular formula is C17H20N4O4S. The third-order valence-corrected chi connectivity index (χ3v) is 4.62. The molecule has 0 atom stereocenters. The van der Waals surface area contributed by atoms with E-state index in [1.165, 1.54) is 11.8 Å². The molecule has 2 amide bonds. The normalized spacial score (nSPS) is 12.5. The predicted molar refractivity (Wildman–Crippen MR) is 96.1 cm³/mol. The minimum atomic E-state index is -0.339. The van der Waals surface area contributed by atoms with Gasteiger partial charge in [-0.2, -0.15) is 5.10 Å². The van der Waals surface area contributed by atoms with Crippen molar-refractivity contribution in [3.8, 4) is 11.5 Å². The van der Waals surface area contributed by atoms with Gasteiger partial charge in [0.1, 0.15) is 19.8 Å². The molecule has 26 heavy (non-hydrogen) atoms. The number of hydrazine groups is 1. The molecule has 1 aliphatic rings. The van der Waals surface area contributed by atoms with E-state index in [4.69, 9.17) is 9.47 Å². The summed E-state index contributed by atoms with van der Waals surface area (Å²) in [6, 6.07) is 7.42. The Labute approximate surface area is 155 Å². The summed E-state index contributed by atoms with van der Waals surface area (Å²) in [5, 5.41) is 4.21. The smallest absolute Gasteiger partial charge is 0.260 e. The summed E-state index contributed by atoms with van der Waals surface area (Å²) >= 11 is 1.35. The molecule has 0 saturated carbocycles. The molecule has 2 heterocycles. The van der Waals surface area contributed by atoms with E-state index in [0.29, 0.717) is 24.7 Å². The highest BCUT2D eigenvalue weighted by atomic mass is 32.2. The van der Waals surface area contributed by atoms with E-state index >= 15 is 0 Å². The lowest BCUT2D eigenvalue weighted by molar-refractivity contribution is -0.128. The number of benzene rings is 1. The number of aryl methyl sites for hydroxylation is 2. The van der Waals surface area contributed by atoms with Crippen LogP contribution in [0.15, 0.2) is 29.2 Å². The quantitative estimate of drug-likeness (QED) is 0.602. The molecule has 0 saturated heterocycles. The fourth-order valence-corrected chi connectivity index (χ4v) is 3.17. The van der Waals surface area contributed by atoms with Gasteiger partial charge in [-0.1, -0.05) is 0 Å². The average molecular weight is 376 g/mol. The second-order valence-corrected chi connectivity index (χ2v) is 6.82. The van der Waals surface area contributed by atoms with Crippen molar-refractivity contribution >= 4 is 23.6 Å². The predicted octanol–water partition coefficient (Wildman–Crippen LogP) is 1.21. The topological polar surface area (TPSA) is 94.5 Å². The van der Waals surface area contributed by atoms with Gasteiger partial charge in [0.2, 0.25) is 5.91 Å². The standard InChI is InChI=1S/C17H20N4O4S/c1-11-7-12(2)21(20-11)9-16(22)18-19-17(23)10-26-13-3-4-14-15(8-13)25-6-5-24-14/h3-4,7-8H,5-6,9-10H2,1-2H3,(H,18,22)(H,19,23). The number of hydrogen-bond acceptors (Lipinski definition) is 6. The number of carbonyl (C=O) groups excluding carboxylic acids is 2. The zero-order chi connectivity index (χ0) is 18.5. The van der Waals surface area contributed by atoms with Crippen molar-refractivity contribution in [2.75, 3.05) is 19.0 Å². The number of rotatable bonds is 5. The maximum atomic E-state index is 11.9. The van der Waals surface area contributed by atoms with Crippen molar-refractivity contribution in [1.82, 2.24) is 20.6 Å². The first kappa shape index (κ1) is 18.1. The van der Waals surface area contributed by atoms with Crippen LogP contribution in [0.4, 0.5) is 0 Å². The van der Waals surface area contributed by atoms with Crippen molar-refractivity contribution in [2.45, 2.75) is 25.3 Å². The van der Waals surface area contributed by atoms with Gasteiger partial charge in [-0.25, -0.2) is 0 Å². The van der Waals surface area contributed by atoms with Crippen LogP contribution in [0.1, 0.15) is 11.4 Å². The Hall–Kier alpha value is -2.68. The van der Waals surface area contributed by atoms with Crippen LogP contribution >= 0.6 is 11.8 Å². The number of thioether (sulfide) groups is 1. The van der Waals surface area contributed by atoms with E-state index in [1.807, 2.05) is 38.1 Å². The third kappa shape index (κ3) is 4.69. The highest BCUT2D eigenvalue weighted by Crippen LogP contribution is 2.34. The Morgan fingerprint density at radius 1 is 1.12 bits per heavy atom. The molecule has 1 aromatic heterocycles. The summed E-state index contributed by atoms with van der Waals surface area (Å²) in [6.45, 7) is 4.84. The van der Waals surface area contributed by atoms with E-state index in [-0.39, 0.29) is 24.1 Å². The number of nitrogens with one attached hydrogen (secondary N) is 2. The van der Waals surface area contributed by atoms with Gasteiger partial charge in [-0.3, -0.25) is 25.1 Å². The summed E-state index contributed by atoms with van der Waals surface area (Å²) in [5.41, 5.74) is 6.53. The summed E-state index contributed by atoms with van der Waals surface area (Å²) in [6.07, 6.45) is 0. The minimum Gasteiger partial charge on any atom is -0.486 e. The zero-order valence-corrected chi connectivity index (χ0v) is 15.4. The molecule has 0 spiro atoms. The van der Waals surface area contributed by atoms with Crippen molar-refractivity contribution in [3.63, 3.8) is 0 Å². The summed E-state index contributed by atoms with van der Waals surface area (Å²) in [4.78, 5) is 24.7. The van der Waals surface area contributed by atoms with Crippen molar-refractivity contribution in [1.29, 1.82) is 0 Å². The average Bonchev–Trinajstić information content (AvgIpc) is 2.95. The number of amides is 2. The van der Waals surface area contributed by atoms with Crippen LogP contribution in [0, 0.1) is 13.8 Å². The van der Waals surface area contributed by atoms with Gasteiger partial charge in [-0.15, -0.1) is 11.8 Å². The van der Waals surface area contributed by atoms with Gasteiger partial charge in [0.05, 0.1) is 11.4 Å². The van der Waals surface area contributed by atoms with Gasteiger partial charge in [0.25, 0.3) is 5.91 Å². The number of carbonyl (C=O) groups is 2. The van der Waals surface area contributed by atoms with Crippen LogP contribution in [-0.2, 0) is 16.1 Å². The molecule has 9 heteroatoms. The highest BCUT2D eigenvalue weighted by Gasteiger charge is 2.13. The van der Waals surface area contributed by atoms with Crippen LogP contribution in [0.5, 0.6) is 11.5 Å². The fourth-order valence-electron chi connectivity index (χ4n) is 2.45. The van der Waals surface area contributed by atoms with E-state index in [2.05, 4.69) is 16.0 Å². The molecule has 2 aromatic rings. The lowest BCUT2D eigenvalue weighted by Crippen LogP contribution is -2.44. The van der Waals surface area contributed by atoms with E-state index < -0.39 is 0 Å². The van der Waals surface area contributed by atoms with Gasteiger partial charge >= 0.3 is 0 Å². The molecule has 0 unspecified atom stereocenters. The summed E-state index contributed by atoms with van der Waals surface area (Å²) in [5.74, 6) is 0.918. The first-order valence-electron chi connectivity index (χ1n) is 8.12. The molecule has 0 radical (unpaired) electrons. The van der Waals surface area contributed by atoms with Crippen molar-refractivity contribution in [3.05, 3.63) is 35.7 Å². The lowest BCUT2D eigenvalue weighted by atomic mass is 10.3. The Bertz CT molecular complexity index is 821. The Kier molecular flexibility index (Phi) is 5.67. The summed E-state index contributed by atoms with van der Waals surface area (Å²) in [7, 11) is 0. The molecule has 3 rings (SSSR count). The Balaban J connectivity index is 1.43. The minimum absolute atomic E-state index is 0.0509. The largest absolute Gasteiger partial charge is 0.486 e. The number of hydrogen-bond donors (Lipinski definition) is 2. The molecular weight excluding hydrogens is 356 g/mol. The third-order valence-electron chi connectivity index (χ3n) is 3.62. The SMILES string of the molecule is Cc1cc(C)n(CC(=O)NNC(=O)CSc2ccc3c(c2)OCCO3)n1. The second kappa shape index (κ2) is 8.13. The van der Waals surface area contributed by atoms with E-state index in [1.54, 1.807) is 4.68 Å². The highest BCUT2D eigenvalue weighted by molar-refractivity contribution is 8.00. The maximum Gasteiger partial charge on any atom is 0.260 e. The zero-order valence-electron chi connectivity index (χ0n) is 14.6. The molecule has 1 aromatic carbocycles. The molecule has 0 bridgehead atoms. The lowest BCUT2D eigenvalue weighted by Gasteiger charge is -2.18. The Morgan fingerprint density at radius 3 is 2.58 bits per heavy atom. The van der Waals surface area contributed by atoms with Crippen molar-refractivity contribution in [2.24, 2.45) is 0 Å². The monoisotopic (exact) mass is 376 g/mol. The van der Waals surface area contributed by atoms with Gasteiger partial charge in [0, 0.05) is 10.6 Å². The van der Waals surface area contributed by atoms with Gasteiger partial charge < -0.3 is 9.47 Å².